The van der Waals surface area contributed by atoms with Crippen molar-refractivity contribution in [1.82, 2.24) is 4.90 Å². The summed E-state index contributed by atoms with van der Waals surface area (Å²) >= 11 is 0. The quantitative estimate of drug-likeness (QED) is 0.752. The first kappa shape index (κ1) is 13.8. The lowest BCUT2D eigenvalue weighted by molar-refractivity contribution is -0.150. The van der Waals surface area contributed by atoms with E-state index in [1.807, 2.05) is 18.9 Å². The summed E-state index contributed by atoms with van der Waals surface area (Å²) in [6, 6.07) is 0. The van der Waals surface area contributed by atoms with Crippen LogP contribution in [0.25, 0.3) is 0 Å². The highest BCUT2D eigenvalue weighted by atomic mass is 16.5. The van der Waals surface area contributed by atoms with Crippen LogP contribution in [0.15, 0.2) is 0 Å². The molecule has 4 nitrogen and oxygen atoms in total. The molecule has 1 aliphatic heterocycles. The smallest absolute Gasteiger partial charge is 0.251 e. The molecule has 18 heavy (non-hydrogen) atoms. The maximum Gasteiger partial charge on any atom is 0.251 e. The highest BCUT2D eigenvalue weighted by Crippen LogP contribution is 2.30. The summed E-state index contributed by atoms with van der Waals surface area (Å²) in [5.41, 5.74) is -0.0769. The van der Waals surface area contributed by atoms with Crippen LogP contribution in [-0.4, -0.2) is 49.3 Å². The second-order valence-electron chi connectivity index (χ2n) is 5.93. The number of amides is 1. The number of hydrogen-bond donors (Lipinski definition) is 0. The molecular weight excluding hydrogens is 230 g/mol. The van der Waals surface area contributed by atoms with Crippen molar-refractivity contribution in [3.05, 3.63) is 0 Å². The van der Waals surface area contributed by atoms with Crippen LogP contribution in [0.1, 0.15) is 39.5 Å². The molecule has 0 aromatic carbocycles. The van der Waals surface area contributed by atoms with Crippen LogP contribution in [0.5, 0.6) is 0 Å². The van der Waals surface area contributed by atoms with Gasteiger partial charge in [-0.3, -0.25) is 4.79 Å². The van der Waals surface area contributed by atoms with Gasteiger partial charge in [-0.05, 0) is 45.4 Å². The van der Waals surface area contributed by atoms with Gasteiger partial charge in [-0.15, -0.1) is 0 Å². The average Bonchev–Trinajstić information content (AvgIpc) is 3.19. The van der Waals surface area contributed by atoms with Crippen molar-refractivity contribution in [2.45, 2.75) is 51.2 Å². The van der Waals surface area contributed by atoms with Crippen molar-refractivity contribution in [3.8, 4) is 0 Å². The summed E-state index contributed by atoms with van der Waals surface area (Å²) < 4.78 is 11.0. The molecule has 1 atom stereocenters. The molecule has 1 aliphatic carbocycles. The van der Waals surface area contributed by atoms with Crippen molar-refractivity contribution >= 4 is 5.91 Å². The van der Waals surface area contributed by atoms with Crippen molar-refractivity contribution in [2.75, 3.05) is 26.9 Å². The maximum atomic E-state index is 12.3. The third-order valence-electron chi connectivity index (χ3n) is 4.34. The van der Waals surface area contributed by atoms with Crippen LogP contribution < -0.4 is 0 Å². The number of carbonyl (C=O) groups is 1. The zero-order valence-electron chi connectivity index (χ0n) is 11.8. The lowest BCUT2D eigenvalue weighted by atomic mass is 9.90. The highest BCUT2D eigenvalue weighted by molar-refractivity contribution is 5.81. The number of likely N-dealkylation sites (N-methyl/N-ethyl adjacent to an activating group) is 1. The van der Waals surface area contributed by atoms with E-state index in [-0.39, 0.29) is 17.6 Å². The lowest BCUT2D eigenvalue weighted by Crippen LogP contribution is -2.53. The van der Waals surface area contributed by atoms with Gasteiger partial charge in [-0.2, -0.15) is 0 Å². The summed E-state index contributed by atoms with van der Waals surface area (Å²) in [7, 11) is 1.89. The third kappa shape index (κ3) is 3.23. The van der Waals surface area contributed by atoms with Gasteiger partial charge in [0.2, 0.25) is 0 Å². The van der Waals surface area contributed by atoms with E-state index in [1.165, 1.54) is 12.8 Å². The number of ether oxygens (including phenoxy) is 2. The summed E-state index contributed by atoms with van der Waals surface area (Å²) in [4.78, 5) is 14.2. The summed E-state index contributed by atoms with van der Waals surface area (Å²) in [5.74, 6) is 0.796. The number of carbonyl (C=O) groups excluding carboxylic acids is 1. The van der Waals surface area contributed by atoms with Crippen LogP contribution in [-0.2, 0) is 14.3 Å². The molecule has 0 spiro atoms. The molecule has 0 radical (unpaired) electrons. The van der Waals surface area contributed by atoms with E-state index in [4.69, 9.17) is 9.47 Å². The van der Waals surface area contributed by atoms with E-state index in [0.29, 0.717) is 5.92 Å². The van der Waals surface area contributed by atoms with E-state index >= 15 is 0 Å². The van der Waals surface area contributed by atoms with Gasteiger partial charge in [0.05, 0.1) is 6.61 Å². The predicted octanol–water partition coefficient (Wildman–Crippen LogP) is 1.83. The van der Waals surface area contributed by atoms with Gasteiger partial charge in [-0.25, -0.2) is 0 Å². The van der Waals surface area contributed by atoms with Crippen molar-refractivity contribution in [2.24, 2.45) is 5.92 Å². The Bertz CT molecular complexity index is 295. The van der Waals surface area contributed by atoms with E-state index in [1.54, 1.807) is 0 Å². The largest absolute Gasteiger partial charge is 0.381 e. The number of rotatable bonds is 5. The van der Waals surface area contributed by atoms with E-state index in [0.717, 1.165) is 32.7 Å². The molecule has 1 amide bonds. The Morgan fingerprint density at radius 1 is 1.44 bits per heavy atom. The fourth-order valence-electron chi connectivity index (χ4n) is 2.32. The normalized spacial score (nSPS) is 24.6. The van der Waals surface area contributed by atoms with Gasteiger partial charge in [0.15, 0.2) is 0 Å². The molecule has 2 rings (SSSR count). The fourth-order valence-corrected chi connectivity index (χ4v) is 2.32. The Labute approximate surface area is 110 Å². The van der Waals surface area contributed by atoms with Gasteiger partial charge in [0, 0.05) is 25.8 Å². The zero-order valence-corrected chi connectivity index (χ0v) is 11.8. The molecule has 1 saturated carbocycles. The van der Waals surface area contributed by atoms with Gasteiger partial charge in [-0.1, -0.05) is 0 Å². The minimum atomic E-state index is -0.324. The molecule has 0 bridgehead atoms. The SMILES string of the molecule is CC(OCC1CC1)C(=O)N(C)C1(C)CCOCC1. The molecule has 4 heteroatoms. The van der Waals surface area contributed by atoms with Crippen molar-refractivity contribution < 1.29 is 14.3 Å². The second kappa shape index (κ2) is 5.57. The predicted molar refractivity (Wildman–Crippen MR) is 69.4 cm³/mol. The second-order valence-corrected chi connectivity index (χ2v) is 5.93. The average molecular weight is 255 g/mol. The minimum Gasteiger partial charge on any atom is -0.381 e. The van der Waals surface area contributed by atoms with Crippen LogP contribution in [0, 0.1) is 5.92 Å². The Kier molecular flexibility index (Phi) is 4.28. The summed E-state index contributed by atoms with van der Waals surface area (Å²) in [6.07, 6.45) is 4.00. The highest BCUT2D eigenvalue weighted by Gasteiger charge is 2.36. The number of hydrogen-bond acceptors (Lipinski definition) is 3. The van der Waals surface area contributed by atoms with Gasteiger partial charge in [0.1, 0.15) is 6.10 Å². The minimum absolute atomic E-state index is 0.0769. The summed E-state index contributed by atoms with van der Waals surface area (Å²) in [6.45, 7) is 6.22. The van der Waals surface area contributed by atoms with E-state index in [2.05, 4.69) is 6.92 Å². The first-order chi connectivity index (χ1) is 8.53. The molecule has 1 heterocycles. The van der Waals surface area contributed by atoms with Gasteiger partial charge < -0.3 is 14.4 Å². The van der Waals surface area contributed by atoms with Gasteiger partial charge in [0.25, 0.3) is 5.91 Å². The van der Waals surface area contributed by atoms with E-state index in [9.17, 15) is 4.79 Å². The molecule has 0 N–H and O–H groups in total. The molecular formula is C14H25NO3. The first-order valence-corrected chi connectivity index (χ1v) is 7.00. The summed E-state index contributed by atoms with van der Waals surface area (Å²) in [5, 5.41) is 0. The molecule has 1 saturated heterocycles. The molecule has 104 valence electrons. The van der Waals surface area contributed by atoms with E-state index < -0.39 is 0 Å². The standard InChI is InChI=1S/C14H25NO3/c1-11(18-10-12-4-5-12)13(16)15(3)14(2)6-8-17-9-7-14/h11-12H,4-10H2,1-3H3. The zero-order chi connectivity index (χ0) is 13.2. The molecule has 1 unspecified atom stereocenters. The molecule has 2 aliphatic rings. The van der Waals surface area contributed by atoms with Crippen molar-refractivity contribution in [3.63, 3.8) is 0 Å². The fraction of sp³-hybridized carbons (Fsp3) is 0.929. The Balaban J connectivity index is 1.85. The van der Waals surface area contributed by atoms with Crippen LogP contribution in [0.3, 0.4) is 0 Å². The van der Waals surface area contributed by atoms with Gasteiger partial charge >= 0.3 is 0 Å². The topological polar surface area (TPSA) is 38.8 Å². The van der Waals surface area contributed by atoms with Crippen LogP contribution >= 0.6 is 0 Å². The number of nitrogens with zero attached hydrogens (tertiary/aromatic N) is 1. The Hall–Kier alpha value is -0.610. The molecule has 2 fully saturated rings. The third-order valence-corrected chi connectivity index (χ3v) is 4.34. The van der Waals surface area contributed by atoms with Crippen LogP contribution in [0.2, 0.25) is 0 Å². The van der Waals surface area contributed by atoms with Crippen molar-refractivity contribution in [1.29, 1.82) is 0 Å². The lowest BCUT2D eigenvalue weighted by Gasteiger charge is -2.42. The molecule has 0 aromatic rings. The van der Waals surface area contributed by atoms with Crippen LogP contribution in [0.4, 0.5) is 0 Å². The Morgan fingerprint density at radius 3 is 2.61 bits per heavy atom. The molecule has 0 aromatic heterocycles. The Morgan fingerprint density at radius 2 is 2.06 bits per heavy atom. The first-order valence-electron chi connectivity index (χ1n) is 7.00. The monoisotopic (exact) mass is 255 g/mol. The maximum absolute atomic E-state index is 12.3.